The molecule has 0 radical (unpaired) electrons. The van der Waals surface area contributed by atoms with Crippen LogP contribution in [0.1, 0.15) is 31.5 Å². The van der Waals surface area contributed by atoms with Gasteiger partial charge >= 0.3 is 0 Å². The van der Waals surface area contributed by atoms with Crippen LogP contribution in [0, 0.1) is 0 Å². The van der Waals surface area contributed by atoms with Crippen LogP contribution in [0.5, 0.6) is 5.75 Å². The minimum Gasteiger partial charge on any atom is -0.495 e. The van der Waals surface area contributed by atoms with Gasteiger partial charge in [-0.05, 0) is 36.8 Å². The second kappa shape index (κ2) is 7.24. The molecule has 1 aliphatic rings. The number of nitrogens with zero attached hydrogens (tertiary/aromatic N) is 3. The summed E-state index contributed by atoms with van der Waals surface area (Å²) in [5.74, 6) is 1.74. The molecule has 5 nitrogen and oxygen atoms in total. The summed E-state index contributed by atoms with van der Waals surface area (Å²) >= 11 is 6.16. The van der Waals surface area contributed by atoms with Crippen LogP contribution in [0.25, 0.3) is 11.0 Å². The summed E-state index contributed by atoms with van der Waals surface area (Å²) in [6.07, 6.45) is 1.45. The van der Waals surface area contributed by atoms with E-state index in [-0.39, 0.29) is 11.8 Å². The Morgan fingerprint density at radius 1 is 1.26 bits per heavy atom. The topological polar surface area (TPSA) is 47.4 Å². The third kappa shape index (κ3) is 3.16. The quantitative estimate of drug-likeness (QED) is 0.645. The molecule has 0 bridgehead atoms. The number of aryl methyl sites for hydroxylation is 1. The number of ether oxygens (including phenoxy) is 1. The number of halogens is 1. The largest absolute Gasteiger partial charge is 0.495 e. The van der Waals surface area contributed by atoms with Gasteiger partial charge in [-0.3, -0.25) is 4.79 Å². The van der Waals surface area contributed by atoms with Crippen molar-refractivity contribution in [2.24, 2.45) is 0 Å². The Morgan fingerprint density at radius 2 is 2.07 bits per heavy atom. The predicted molar refractivity (Wildman–Crippen MR) is 108 cm³/mol. The fourth-order valence-electron chi connectivity index (χ4n) is 3.85. The van der Waals surface area contributed by atoms with Crippen LogP contribution in [0.4, 0.5) is 5.69 Å². The van der Waals surface area contributed by atoms with Crippen molar-refractivity contribution in [2.45, 2.75) is 32.2 Å². The number of para-hydroxylation sites is 2. The van der Waals surface area contributed by atoms with Crippen LogP contribution in [-0.2, 0) is 11.3 Å². The third-order valence-corrected chi connectivity index (χ3v) is 5.29. The van der Waals surface area contributed by atoms with E-state index in [0.717, 1.165) is 35.5 Å². The Hall–Kier alpha value is -2.53. The van der Waals surface area contributed by atoms with Crippen LogP contribution in [0.3, 0.4) is 0 Å². The lowest BCUT2D eigenvalue weighted by molar-refractivity contribution is -0.117. The molecule has 1 saturated heterocycles. The summed E-state index contributed by atoms with van der Waals surface area (Å²) < 4.78 is 7.69. The molecular weight excluding hydrogens is 362 g/mol. The van der Waals surface area contributed by atoms with E-state index in [9.17, 15) is 4.79 Å². The van der Waals surface area contributed by atoms with Crippen LogP contribution in [0.15, 0.2) is 42.5 Å². The van der Waals surface area contributed by atoms with E-state index in [1.54, 1.807) is 30.2 Å². The number of hydrogen-bond acceptors (Lipinski definition) is 3. The summed E-state index contributed by atoms with van der Waals surface area (Å²) in [7, 11) is 1.60. The number of hydrogen-bond donors (Lipinski definition) is 0. The maximum atomic E-state index is 12.8. The summed E-state index contributed by atoms with van der Waals surface area (Å²) in [4.78, 5) is 19.4. The van der Waals surface area contributed by atoms with Crippen molar-refractivity contribution in [3.8, 4) is 5.75 Å². The molecule has 1 atom stereocenters. The van der Waals surface area contributed by atoms with E-state index in [1.807, 2.05) is 18.2 Å². The van der Waals surface area contributed by atoms with Crippen molar-refractivity contribution < 1.29 is 9.53 Å². The smallest absolute Gasteiger partial charge is 0.227 e. The molecule has 2 heterocycles. The lowest BCUT2D eigenvalue weighted by Crippen LogP contribution is -2.25. The van der Waals surface area contributed by atoms with E-state index >= 15 is 0 Å². The van der Waals surface area contributed by atoms with Crippen LogP contribution in [-0.4, -0.2) is 29.1 Å². The second-order valence-electron chi connectivity index (χ2n) is 6.83. The third-order valence-electron chi connectivity index (χ3n) is 5.05. The number of rotatable bonds is 5. The van der Waals surface area contributed by atoms with Crippen molar-refractivity contribution >= 4 is 34.2 Å². The minimum atomic E-state index is 0.0418. The van der Waals surface area contributed by atoms with Gasteiger partial charge < -0.3 is 14.2 Å². The van der Waals surface area contributed by atoms with Gasteiger partial charge in [0, 0.05) is 30.5 Å². The SMILES string of the molecule is CCCn1c(C2CC(=O)N(c3cc(Cl)ccc3OC)C2)nc2ccccc21. The van der Waals surface area contributed by atoms with Crippen LogP contribution in [0.2, 0.25) is 5.02 Å². The van der Waals surface area contributed by atoms with Crippen molar-refractivity contribution in [3.63, 3.8) is 0 Å². The molecule has 27 heavy (non-hydrogen) atoms. The molecule has 1 fully saturated rings. The maximum absolute atomic E-state index is 12.8. The first-order valence-corrected chi connectivity index (χ1v) is 9.59. The molecule has 140 valence electrons. The fraction of sp³-hybridized carbons (Fsp3) is 0.333. The van der Waals surface area contributed by atoms with Gasteiger partial charge in [0.15, 0.2) is 0 Å². The van der Waals surface area contributed by atoms with Gasteiger partial charge in [-0.15, -0.1) is 0 Å². The molecule has 0 spiro atoms. The number of carbonyl (C=O) groups is 1. The maximum Gasteiger partial charge on any atom is 0.227 e. The number of fused-ring (bicyclic) bond motifs is 1. The molecule has 1 aromatic heterocycles. The number of benzene rings is 2. The number of anilines is 1. The zero-order valence-corrected chi connectivity index (χ0v) is 16.2. The molecule has 3 aromatic rings. The number of aromatic nitrogens is 2. The molecule has 4 rings (SSSR count). The Balaban J connectivity index is 1.72. The van der Waals surface area contributed by atoms with Crippen LogP contribution < -0.4 is 9.64 Å². The van der Waals surface area contributed by atoms with E-state index in [4.69, 9.17) is 21.3 Å². The first-order valence-electron chi connectivity index (χ1n) is 9.21. The molecule has 0 aliphatic carbocycles. The first-order chi connectivity index (χ1) is 13.1. The second-order valence-corrected chi connectivity index (χ2v) is 7.27. The standard InChI is InChI=1S/C21H22ClN3O2/c1-3-10-24-17-7-5-4-6-16(17)23-21(24)14-11-20(26)25(13-14)18-12-15(22)8-9-19(18)27-2/h4-9,12,14H,3,10-11,13H2,1-2H3. The number of imidazole rings is 1. The Labute approximate surface area is 163 Å². The minimum absolute atomic E-state index is 0.0418. The lowest BCUT2D eigenvalue weighted by atomic mass is 10.1. The van der Waals surface area contributed by atoms with Gasteiger partial charge in [0.2, 0.25) is 5.91 Å². The first kappa shape index (κ1) is 17.9. The van der Waals surface area contributed by atoms with Crippen molar-refractivity contribution in [3.05, 3.63) is 53.3 Å². The lowest BCUT2D eigenvalue weighted by Gasteiger charge is -2.20. The molecule has 1 amide bonds. The summed E-state index contributed by atoms with van der Waals surface area (Å²) in [6, 6.07) is 13.5. The van der Waals surface area contributed by atoms with Gasteiger partial charge in [0.25, 0.3) is 0 Å². The molecule has 1 aliphatic heterocycles. The zero-order valence-electron chi connectivity index (χ0n) is 15.5. The van der Waals surface area contributed by atoms with Crippen molar-refractivity contribution in [1.82, 2.24) is 9.55 Å². The van der Waals surface area contributed by atoms with Gasteiger partial charge in [-0.1, -0.05) is 30.7 Å². The fourth-order valence-corrected chi connectivity index (χ4v) is 4.02. The van der Waals surface area contributed by atoms with Gasteiger partial charge in [-0.2, -0.15) is 0 Å². The van der Waals surface area contributed by atoms with Crippen molar-refractivity contribution in [2.75, 3.05) is 18.6 Å². The summed E-state index contributed by atoms with van der Waals surface area (Å²) in [5, 5.41) is 0.584. The zero-order chi connectivity index (χ0) is 19.0. The Bertz CT molecular complexity index is 998. The van der Waals surface area contributed by atoms with Crippen molar-refractivity contribution in [1.29, 1.82) is 0 Å². The average molecular weight is 384 g/mol. The Kier molecular flexibility index (Phi) is 4.79. The highest BCUT2D eigenvalue weighted by atomic mass is 35.5. The highest BCUT2D eigenvalue weighted by Crippen LogP contribution is 2.38. The van der Waals surface area contributed by atoms with E-state index in [0.29, 0.717) is 23.7 Å². The number of amides is 1. The molecule has 0 N–H and O–H groups in total. The molecule has 0 saturated carbocycles. The highest BCUT2D eigenvalue weighted by Gasteiger charge is 2.36. The highest BCUT2D eigenvalue weighted by molar-refractivity contribution is 6.31. The van der Waals surface area contributed by atoms with Crippen LogP contribution >= 0.6 is 11.6 Å². The monoisotopic (exact) mass is 383 g/mol. The summed E-state index contributed by atoms with van der Waals surface area (Å²) in [6.45, 7) is 3.62. The van der Waals surface area contributed by atoms with Gasteiger partial charge in [0.1, 0.15) is 11.6 Å². The average Bonchev–Trinajstić information content (AvgIpc) is 3.23. The van der Waals surface area contributed by atoms with E-state index in [2.05, 4.69) is 17.6 Å². The van der Waals surface area contributed by atoms with Gasteiger partial charge in [0.05, 0.1) is 23.8 Å². The molecular formula is C21H22ClN3O2. The van der Waals surface area contributed by atoms with E-state index < -0.39 is 0 Å². The van der Waals surface area contributed by atoms with Gasteiger partial charge in [-0.25, -0.2) is 4.98 Å². The van der Waals surface area contributed by atoms with E-state index in [1.165, 1.54) is 0 Å². The normalized spacial score (nSPS) is 17.1. The number of carbonyl (C=O) groups excluding carboxylic acids is 1. The number of methoxy groups -OCH3 is 1. The molecule has 6 heteroatoms. The summed E-state index contributed by atoms with van der Waals surface area (Å²) in [5.41, 5.74) is 2.82. The predicted octanol–water partition coefficient (Wildman–Crippen LogP) is 4.63. The molecule has 2 aromatic carbocycles. The Morgan fingerprint density at radius 3 is 2.85 bits per heavy atom. The molecule has 1 unspecified atom stereocenters.